The third kappa shape index (κ3) is 2.24. The van der Waals surface area contributed by atoms with E-state index in [0.717, 1.165) is 17.1 Å². The lowest BCUT2D eigenvalue weighted by molar-refractivity contribution is 0.411. The van der Waals surface area contributed by atoms with E-state index in [9.17, 15) is 0 Å². The van der Waals surface area contributed by atoms with Crippen LogP contribution in [0.4, 0.5) is 0 Å². The molecule has 0 saturated heterocycles. The molecule has 1 aromatic carbocycles. The Balaban J connectivity index is 2.62. The fourth-order valence-electron chi connectivity index (χ4n) is 1.95. The average molecular weight is 245 g/mol. The minimum Gasteiger partial charge on any atom is -0.495 e. The highest BCUT2D eigenvalue weighted by Crippen LogP contribution is 2.28. The second-order valence-electron chi connectivity index (χ2n) is 5.05. The smallest absolute Gasteiger partial charge is 0.142 e. The molecule has 1 aromatic heterocycles. The highest BCUT2D eigenvalue weighted by atomic mass is 16.5. The molecule has 0 fully saturated rings. The van der Waals surface area contributed by atoms with Crippen LogP contribution in [0.2, 0.25) is 0 Å². The fraction of sp³-hybridized carbons (Fsp3) is 0.357. The van der Waals surface area contributed by atoms with Crippen molar-refractivity contribution in [2.75, 3.05) is 7.11 Å². The van der Waals surface area contributed by atoms with E-state index in [4.69, 9.17) is 10.5 Å². The molecule has 2 N–H and O–H groups in total. The number of ether oxygens (including phenoxy) is 1. The highest BCUT2D eigenvalue weighted by molar-refractivity contribution is 5.50. The summed E-state index contributed by atoms with van der Waals surface area (Å²) < 4.78 is 7.38. The van der Waals surface area contributed by atoms with Crippen molar-refractivity contribution in [1.82, 2.24) is 9.55 Å². The number of benzene rings is 1. The lowest BCUT2D eigenvalue weighted by Gasteiger charge is -2.22. The maximum absolute atomic E-state index is 6.17. The third-order valence-electron chi connectivity index (χ3n) is 2.89. The highest BCUT2D eigenvalue weighted by Gasteiger charge is 2.21. The van der Waals surface area contributed by atoms with Crippen LogP contribution in [0.15, 0.2) is 30.7 Å². The summed E-state index contributed by atoms with van der Waals surface area (Å²) in [7, 11) is 1.67. The maximum atomic E-state index is 6.17. The van der Waals surface area contributed by atoms with Crippen LogP contribution in [0.3, 0.4) is 0 Å². The van der Waals surface area contributed by atoms with Gasteiger partial charge in [-0.3, -0.25) is 4.57 Å². The molecule has 0 aliphatic rings. The minimum atomic E-state index is -0.453. The standard InChI is InChI=1S/C14H19N3O/c1-10-5-6-12(18-4)11(7-10)17-9-16-8-13(17)14(2,3)15/h5-9H,15H2,1-4H3. The average Bonchev–Trinajstić information content (AvgIpc) is 2.77. The van der Waals surface area contributed by atoms with Crippen LogP contribution in [0.5, 0.6) is 5.75 Å². The zero-order valence-corrected chi connectivity index (χ0v) is 11.3. The summed E-state index contributed by atoms with van der Waals surface area (Å²) in [5.41, 5.74) is 8.79. The summed E-state index contributed by atoms with van der Waals surface area (Å²) in [5, 5.41) is 0. The number of imidazole rings is 1. The Labute approximate surface area is 107 Å². The molecule has 0 amide bonds. The molecule has 0 unspecified atom stereocenters. The fourth-order valence-corrected chi connectivity index (χ4v) is 1.95. The molecule has 2 aromatic rings. The van der Waals surface area contributed by atoms with Crippen LogP contribution in [0.25, 0.3) is 5.69 Å². The lowest BCUT2D eigenvalue weighted by Crippen LogP contribution is -2.31. The number of nitrogens with zero attached hydrogens (tertiary/aromatic N) is 2. The Morgan fingerprint density at radius 2 is 2.06 bits per heavy atom. The van der Waals surface area contributed by atoms with Gasteiger partial charge < -0.3 is 10.5 Å². The zero-order valence-electron chi connectivity index (χ0n) is 11.3. The first-order chi connectivity index (χ1) is 8.43. The van der Waals surface area contributed by atoms with E-state index in [0.29, 0.717) is 0 Å². The molecule has 0 bridgehead atoms. The summed E-state index contributed by atoms with van der Waals surface area (Å²) in [6.07, 6.45) is 3.56. The SMILES string of the molecule is COc1ccc(C)cc1-n1cncc1C(C)(C)N. The summed E-state index contributed by atoms with van der Waals surface area (Å²) in [6.45, 7) is 5.97. The van der Waals surface area contributed by atoms with Gasteiger partial charge in [0.15, 0.2) is 0 Å². The van der Waals surface area contributed by atoms with Crippen molar-refractivity contribution in [3.63, 3.8) is 0 Å². The Morgan fingerprint density at radius 3 is 2.67 bits per heavy atom. The van der Waals surface area contributed by atoms with Crippen molar-refractivity contribution in [3.8, 4) is 11.4 Å². The molecule has 18 heavy (non-hydrogen) atoms. The number of nitrogens with two attached hydrogens (primary N) is 1. The van der Waals surface area contributed by atoms with Crippen LogP contribution in [-0.4, -0.2) is 16.7 Å². The molecule has 4 nitrogen and oxygen atoms in total. The van der Waals surface area contributed by atoms with E-state index >= 15 is 0 Å². The molecule has 96 valence electrons. The van der Waals surface area contributed by atoms with Crippen molar-refractivity contribution in [2.45, 2.75) is 26.3 Å². The lowest BCUT2D eigenvalue weighted by atomic mass is 10.0. The van der Waals surface area contributed by atoms with Crippen molar-refractivity contribution >= 4 is 0 Å². The van der Waals surface area contributed by atoms with Gasteiger partial charge in [0.2, 0.25) is 0 Å². The van der Waals surface area contributed by atoms with Gasteiger partial charge in [-0.25, -0.2) is 4.98 Å². The topological polar surface area (TPSA) is 53.1 Å². The van der Waals surface area contributed by atoms with E-state index in [1.807, 2.05) is 37.5 Å². The van der Waals surface area contributed by atoms with Gasteiger partial charge in [-0.15, -0.1) is 0 Å². The molecule has 0 radical (unpaired) electrons. The van der Waals surface area contributed by atoms with Crippen LogP contribution in [-0.2, 0) is 5.54 Å². The van der Waals surface area contributed by atoms with Crippen molar-refractivity contribution < 1.29 is 4.74 Å². The number of aryl methyl sites for hydroxylation is 1. The molecule has 0 aliphatic heterocycles. The summed E-state index contributed by atoms with van der Waals surface area (Å²) in [6, 6.07) is 6.04. The van der Waals surface area contributed by atoms with Gasteiger partial charge in [0.25, 0.3) is 0 Å². The van der Waals surface area contributed by atoms with E-state index < -0.39 is 5.54 Å². The van der Waals surface area contributed by atoms with Gasteiger partial charge >= 0.3 is 0 Å². The maximum Gasteiger partial charge on any atom is 0.142 e. The summed E-state index contributed by atoms with van der Waals surface area (Å²) in [4.78, 5) is 4.20. The number of hydrogen-bond donors (Lipinski definition) is 1. The number of methoxy groups -OCH3 is 1. The largest absolute Gasteiger partial charge is 0.495 e. The van der Waals surface area contributed by atoms with Crippen LogP contribution < -0.4 is 10.5 Å². The van der Waals surface area contributed by atoms with Crippen molar-refractivity contribution in [3.05, 3.63) is 42.0 Å². The van der Waals surface area contributed by atoms with Gasteiger partial charge in [0.05, 0.1) is 36.6 Å². The first-order valence-corrected chi connectivity index (χ1v) is 5.90. The second-order valence-corrected chi connectivity index (χ2v) is 5.05. The number of rotatable bonds is 3. The molecule has 1 heterocycles. The van der Waals surface area contributed by atoms with Crippen LogP contribution in [0.1, 0.15) is 25.1 Å². The van der Waals surface area contributed by atoms with Gasteiger partial charge in [-0.2, -0.15) is 0 Å². The molecule has 0 saturated carbocycles. The molecule has 0 spiro atoms. The van der Waals surface area contributed by atoms with E-state index in [1.54, 1.807) is 19.6 Å². The van der Waals surface area contributed by atoms with Gasteiger partial charge in [-0.05, 0) is 38.5 Å². The van der Waals surface area contributed by atoms with Crippen LogP contribution in [0, 0.1) is 6.92 Å². The Bertz CT molecular complexity index is 552. The first kappa shape index (κ1) is 12.6. The molecule has 0 aliphatic carbocycles. The second kappa shape index (κ2) is 4.46. The predicted molar refractivity (Wildman–Crippen MR) is 72.1 cm³/mol. The summed E-state index contributed by atoms with van der Waals surface area (Å²) >= 11 is 0. The van der Waals surface area contributed by atoms with E-state index in [1.165, 1.54) is 5.56 Å². The monoisotopic (exact) mass is 245 g/mol. The van der Waals surface area contributed by atoms with Gasteiger partial charge in [-0.1, -0.05) is 6.07 Å². The third-order valence-corrected chi connectivity index (χ3v) is 2.89. The van der Waals surface area contributed by atoms with E-state index in [-0.39, 0.29) is 0 Å². The Morgan fingerprint density at radius 1 is 1.33 bits per heavy atom. The minimum absolute atomic E-state index is 0.453. The Kier molecular flexibility index (Phi) is 3.13. The zero-order chi connectivity index (χ0) is 13.3. The van der Waals surface area contributed by atoms with E-state index in [2.05, 4.69) is 11.1 Å². The predicted octanol–water partition coefficient (Wildman–Crippen LogP) is 2.38. The Hall–Kier alpha value is -1.81. The van der Waals surface area contributed by atoms with Gasteiger partial charge in [0.1, 0.15) is 5.75 Å². The molecular weight excluding hydrogens is 226 g/mol. The summed E-state index contributed by atoms with van der Waals surface area (Å²) in [5.74, 6) is 0.809. The molecule has 2 rings (SSSR count). The number of aromatic nitrogens is 2. The van der Waals surface area contributed by atoms with Gasteiger partial charge in [0, 0.05) is 0 Å². The van der Waals surface area contributed by atoms with Crippen molar-refractivity contribution in [1.29, 1.82) is 0 Å². The molecular formula is C14H19N3O. The first-order valence-electron chi connectivity index (χ1n) is 5.90. The van der Waals surface area contributed by atoms with Crippen LogP contribution >= 0.6 is 0 Å². The quantitative estimate of drug-likeness (QED) is 0.903. The number of hydrogen-bond acceptors (Lipinski definition) is 3. The molecule has 0 atom stereocenters. The normalized spacial score (nSPS) is 11.6. The molecule has 4 heteroatoms. The van der Waals surface area contributed by atoms with Crippen molar-refractivity contribution in [2.24, 2.45) is 5.73 Å².